The Morgan fingerprint density at radius 2 is 1.86 bits per heavy atom. The first-order valence-corrected chi connectivity index (χ1v) is 5.72. The molecular weight excluding hydrogens is 170 g/mol. The van der Waals surface area contributed by atoms with Crippen molar-refractivity contribution >= 4 is 0 Å². The topological polar surface area (TPSA) is 12.0 Å². The molecule has 0 saturated carbocycles. The zero-order valence-corrected chi connectivity index (χ0v) is 10.8. The van der Waals surface area contributed by atoms with Crippen LogP contribution in [0.25, 0.3) is 0 Å². The predicted molar refractivity (Wildman–Crippen MR) is 65.5 cm³/mol. The van der Waals surface area contributed by atoms with Gasteiger partial charge < -0.3 is 5.32 Å². The summed E-state index contributed by atoms with van der Waals surface area (Å²) in [4.78, 5) is 0. The van der Waals surface area contributed by atoms with E-state index in [-0.39, 0.29) is 0 Å². The van der Waals surface area contributed by atoms with E-state index in [1.165, 1.54) is 5.57 Å². The molecule has 0 heterocycles. The second-order valence-corrected chi connectivity index (χ2v) is 5.52. The van der Waals surface area contributed by atoms with Crippen molar-refractivity contribution in [3.05, 3.63) is 11.6 Å². The fourth-order valence-corrected chi connectivity index (χ4v) is 1.09. The normalized spacial score (nSPS) is 13.8. The first-order chi connectivity index (χ1) is 6.34. The monoisotopic (exact) mass is 197 g/mol. The Bertz CT molecular complexity index is 172. The van der Waals surface area contributed by atoms with E-state index in [1.807, 2.05) is 0 Å². The molecule has 0 spiro atoms. The Morgan fingerprint density at radius 1 is 1.29 bits per heavy atom. The number of hydrogen-bond donors (Lipinski definition) is 1. The third kappa shape index (κ3) is 7.14. The van der Waals surface area contributed by atoms with Crippen LogP contribution in [0.4, 0.5) is 0 Å². The highest BCUT2D eigenvalue weighted by Gasteiger charge is 2.11. The minimum Gasteiger partial charge on any atom is -0.316 e. The molecule has 0 rings (SSSR count). The van der Waals surface area contributed by atoms with Gasteiger partial charge in [-0.25, -0.2) is 0 Å². The molecule has 0 atom stereocenters. The smallest absolute Gasteiger partial charge is 0.00141 e. The van der Waals surface area contributed by atoms with Gasteiger partial charge in [-0.05, 0) is 37.8 Å². The van der Waals surface area contributed by atoms with Crippen molar-refractivity contribution in [1.29, 1.82) is 0 Å². The number of allylic oxidation sites excluding steroid dienone is 1. The van der Waals surface area contributed by atoms with Crippen LogP contribution in [0, 0.1) is 11.3 Å². The van der Waals surface area contributed by atoms with Crippen molar-refractivity contribution in [2.45, 2.75) is 48.0 Å². The zero-order chi connectivity index (χ0) is 11.2. The van der Waals surface area contributed by atoms with E-state index in [4.69, 9.17) is 0 Å². The SMILES string of the molecule is CC(=CCCNCC(C)C)C(C)(C)C. The maximum absolute atomic E-state index is 3.45. The van der Waals surface area contributed by atoms with Gasteiger partial charge >= 0.3 is 0 Å². The van der Waals surface area contributed by atoms with E-state index in [0.29, 0.717) is 5.41 Å². The molecule has 0 fully saturated rings. The molecule has 0 aliphatic heterocycles. The van der Waals surface area contributed by atoms with Crippen molar-refractivity contribution in [2.24, 2.45) is 11.3 Å². The lowest BCUT2D eigenvalue weighted by Crippen LogP contribution is -2.20. The molecule has 1 N–H and O–H groups in total. The first kappa shape index (κ1) is 13.7. The number of hydrogen-bond acceptors (Lipinski definition) is 1. The quantitative estimate of drug-likeness (QED) is 0.524. The molecular formula is C13H27N. The number of nitrogens with one attached hydrogen (secondary N) is 1. The summed E-state index contributed by atoms with van der Waals surface area (Å²) in [5.74, 6) is 0.752. The summed E-state index contributed by atoms with van der Waals surface area (Å²) in [6.07, 6.45) is 3.50. The molecule has 0 aliphatic rings. The highest BCUT2D eigenvalue weighted by atomic mass is 14.8. The molecule has 1 heteroatoms. The van der Waals surface area contributed by atoms with Crippen molar-refractivity contribution in [2.75, 3.05) is 13.1 Å². The van der Waals surface area contributed by atoms with Crippen molar-refractivity contribution < 1.29 is 0 Å². The van der Waals surface area contributed by atoms with Crippen LogP contribution in [-0.2, 0) is 0 Å². The Morgan fingerprint density at radius 3 is 2.29 bits per heavy atom. The maximum Gasteiger partial charge on any atom is -0.00141 e. The van der Waals surface area contributed by atoms with Crippen LogP contribution in [-0.4, -0.2) is 13.1 Å². The van der Waals surface area contributed by atoms with E-state index in [9.17, 15) is 0 Å². The van der Waals surface area contributed by atoms with Crippen LogP contribution in [0.2, 0.25) is 0 Å². The van der Waals surface area contributed by atoms with Gasteiger partial charge in [0.05, 0.1) is 0 Å². The van der Waals surface area contributed by atoms with Gasteiger partial charge in [-0.2, -0.15) is 0 Å². The first-order valence-electron chi connectivity index (χ1n) is 5.72. The van der Waals surface area contributed by atoms with E-state index < -0.39 is 0 Å². The molecule has 0 aromatic carbocycles. The van der Waals surface area contributed by atoms with Crippen LogP contribution in [0.5, 0.6) is 0 Å². The van der Waals surface area contributed by atoms with Crippen molar-refractivity contribution in [3.8, 4) is 0 Å². The number of rotatable bonds is 5. The van der Waals surface area contributed by atoms with Crippen LogP contribution in [0.3, 0.4) is 0 Å². The molecule has 1 nitrogen and oxygen atoms in total. The average molecular weight is 197 g/mol. The summed E-state index contributed by atoms with van der Waals surface area (Å²) in [5, 5.41) is 3.45. The van der Waals surface area contributed by atoms with E-state index in [2.05, 4.69) is 52.9 Å². The van der Waals surface area contributed by atoms with Gasteiger partial charge in [0.25, 0.3) is 0 Å². The predicted octanol–water partition coefficient (Wildman–Crippen LogP) is 3.61. The highest BCUT2D eigenvalue weighted by molar-refractivity contribution is 5.07. The largest absolute Gasteiger partial charge is 0.316 e. The Labute approximate surface area is 90.0 Å². The molecule has 0 unspecified atom stereocenters. The third-order valence-electron chi connectivity index (χ3n) is 2.51. The van der Waals surface area contributed by atoms with Crippen LogP contribution in [0.1, 0.15) is 48.0 Å². The molecule has 0 aliphatic carbocycles. The van der Waals surface area contributed by atoms with Crippen molar-refractivity contribution in [1.82, 2.24) is 5.32 Å². The van der Waals surface area contributed by atoms with Crippen LogP contribution < -0.4 is 5.32 Å². The Hall–Kier alpha value is -0.300. The molecule has 84 valence electrons. The van der Waals surface area contributed by atoms with E-state index in [0.717, 1.165) is 25.4 Å². The molecule has 14 heavy (non-hydrogen) atoms. The van der Waals surface area contributed by atoms with Gasteiger partial charge in [-0.1, -0.05) is 46.3 Å². The standard InChI is InChI=1S/C13H27N/c1-11(2)10-14-9-7-8-12(3)13(4,5)6/h8,11,14H,7,9-10H2,1-6H3. The lowest BCUT2D eigenvalue weighted by Gasteiger charge is -2.19. The molecule has 0 bridgehead atoms. The lowest BCUT2D eigenvalue weighted by atomic mass is 9.87. The minimum absolute atomic E-state index is 0.331. The molecule has 0 aromatic heterocycles. The van der Waals surface area contributed by atoms with Crippen molar-refractivity contribution in [3.63, 3.8) is 0 Å². The summed E-state index contributed by atoms with van der Waals surface area (Å²) in [6.45, 7) is 15.7. The van der Waals surface area contributed by atoms with E-state index >= 15 is 0 Å². The maximum atomic E-state index is 3.45. The van der Waals surface area contributed by atoms with Gasteiger partial charge in [-0.15, -0.1) is 0 Å². The fourth-order valence-electron chi connectivity index (χ4n) is 1.09. The second kappa shape index (κ2) is 6.23. The molecule has 0 radical (unpaired) electrons. The van der Waals surface area contributed by atoms with Crippen LogP contribution in [0.15, 0.2) is 11.6 Å². The summed E-state index contributed by atoms with van der Waals surface area (Å²) < 4.78 is 0. The highest BCUT2D eigenvalue weighted by Crippen LogP contribution is 2.24. The van der Waals surface area contributed by atoms with E-state index in [1.54, 1.807) is 0 Å². The molecule has 0 aromatic rings. The van der Waals surface area contributed by atoms with Gasteiger partial charge in [-0.3, -0.25) is 0 Å². The van der Waals surface area contributed by atoms with Gasteiger partial charge in [0.1, 0.15) is 0 Å². The zero-order valence-electron chi connectivity index (χ0n) is 10.8. The van der Waals surface area contributed by atoms with Gasteiger partial charge in [0, 0.05) is 0 Å². The second-order valence-electron chi connectivity index (χ2n) is 5.52. The van der Waals surface area contributed by atoms with Gasteiger partial charge in [0.2, 0.25) is 0 Å². The average Bonchev–Trinajstić information content (AvgIpc) is 2.01. The third-order valence-corrected chi connectivity index (χ3v) is 2.51. The molecule has 0 amide bonds. The summed E-state index contributed by atoms with van der Waals surface area (Å²) in [5.41, 5.74) is 1.82. The molecule has 0 saturated heterocycles. The lowest BCUT2D eigenvalue weighted by molar-refractivity contribution is 0.499. The van der Waals surface area contributed by atoms with Gasteiger partial charge in [0.15, 0.2) is 0 Å². The Kier molecular flexibility index (Phi) is 6.10. The minimum atomic E-state index is 0.331. The Balaban J connectivity index is 3.62. The summed E-state index contributed by atoms with van der Waals surface area (Å²) in [6, 6.07) is 0. The fraction of sp³-hybridized carbons (Fsp3) is 0.846. The van der Waals surface area contributed by atoms with Crippen LogP contribution >= 0.6 is 0 Å². The summed E-state index contributed by atoms with van der Waals surface area (Å²) >= 11 is 0. The summed E-state index contributed by atoms with van der Waals surface area (Å²) in [7, 11) is 0.